The molecule has 2 fully saturated rings. The lowest BCUT2D eigenvalue weighted by atomic mass is 9.90. The second kappa shape index (κ2) is 12.1. The summed E-state index contributed by atoms with van der Waals surface area (Å²) in [4.78, 5) is 17.4. The molecule has 1 saturated carbocycles. The first-order valence-electron chi connectivity index (χ1n) is 10.7. The lowest BCUT2D eigenvalue weighted by Crippen LogP contribution is -2.55. The lowest BCUT2D eigenvalue weighted by Gasteiger charge is -2.36. The Kier molecular flexibility index (Phi) is 9.51. The van der Waals surface area contributed by atoms with Crippen LogP contribution in [0.5, 0.6) is 0 Å². The van der Waals surface area contributed by atoms with Crippen molar-refractivity contribution < 1.29 is 9.53 Å². The zero-order valence-corrected chi connectivity index (χ0v) is 19.0. The van der Waals surface area contributed by atoms with Crippen molar-refractivity contribution in [2.75, 3.05) is 43.9 Å². The number of halogens is 1. The van der Waals surface area contributed by atoms with Crippen molar-refractivity contribution in [3.63, 3.8) is 0 Å². The molecule has 1 aromatic carbocycles. The van der Waals surface area contributed by atoms with Gasteiger partial charge in [-0.25, -0.2) is 0 Å². The molecule has 1 saturated heterocycles. The molecule has 6 heteroatoms. The number of amides is 1. The Morgan fingerprint density at radius 3 is 2.50 bits per heavy atom. The van der Waals surface area contributed by atoms with Crippen LogP contribution in [0.4, 0.5) is 0 Å². The Hall–Kier alpha value is -0.700. The number of alkyl halides is 1. The largest absolute Gasteiger partial charge is 0.379 e. The number of carbonyl (C=O) groups is 1. The predicted octanol–water partition coefficient (Wildman–Crippen LogP) is 3.28. The fourth-order valence-corrected chi connectivity index (χ4v) is 4.74. The highest BCUT2D eigenvalue weighted by Gasteiger charge is 2.27. The minimum absolute atomic E-state index is 0.194. The highest BCUT2D eigenvalue weighted by Crippen LogP contribution is 2.23. The first kappa shape index (κ1) is 22.0. The van der Waals surface area contributed by atoms with Crippen LogP contribution in [-0.4, -0.2) is 65.7 Å². The van der Waals surface area contributed by atoms with Crippen molar-refractivity contribution in [3.8, 4) is 0 Å². The van der Waals surface area contributed by atoms with Gasteiger partial charge in [-0.15, -0.1) is 0 Å². The summed E-state index contributed by atoms with van der Waals surface area (Å²) in [7, 11) is 0. The number of carbonyl (C=O) groups excluding carboxylic acids is 1. The second-order valence-corrected chi connectivity index (χ2v) is 8.78. The van der Waals surface area contributed by atoms with E-state index in [0.29, 0.717) is 12.5 Å². The smallest absolute Gasteiger partial charge is 0.242 e. The van der Waals surface area contributed by atoms with Gasteiger partial charge in [-0.3, -0.25) is 15.0 Å². The number of hydrogen-bond donors (Lipinski definition) is 1. The molecule has 1 aromatic rings. The van der Waals surface area contributed by atoms with Crippen LogP contribution in [0, 0.1) is 5.92 Å². The molecule has 0 radical (unpaired) electrons. The van der Waals surface area contributed by atoms with E-state index >= 15 is 0 Å². The molecule has 156 valence electrons. The van der Waals surface area contributed by atoms with Crippen LogP contribution in [-0.2, 0) is 16.1 Å². The SMILES string of the molecule is O=C(C(COCC1CCCCC1)NCI)N1CCN(Cc2ccccc2)CC1. The lowest BCUT2D eigenvalue weighted by molar-refractivity contribution is -0.137. The summed E-state index contributed by atoms with van der Waals surface area (Å²) >= 11 is 2.27. The summed E-state index contributed by atoms with van der Waals surface area (Å²) < 4.78 is 6.74. The van der Waals surface area contributed by atoms with Crippen molar-refractivity contribution >= 4 is 28.5 Å². The zero-order valence-electron chi connectivity index (χ0n) is 16.8. The van der Waals surface area contributed by atoms with Gasteiger partial charge in [0, 0.05) is 43.9 Å². The molecule has 1 N–H and O–H groups in total. The maximum absolute atomic E-state index is 13.0. The molecular weight excluding hydrogens is 465 g/mol. The maximum Gasteiger partial charge on any atom is 0.242 e. The molecule has 0 spiro atoms. The quantitative estimate of drug-likeness (QED) is 0.322. The topological polar surface area (TPSA) is 44.8 Å². The monoisotopic (exact) mass is 499 g/mol. The Bertz CT molecular complexity index is 572. The molecule has 1 unspecified atom stereocenters. The zero-order chi connectivity index (χ0) is 19.6. The average molecular weight is 499 g/mol. The third-order valence-electron chi connectivity index (χ3n) is 5.92. The van der Waals surface area contributed by atoms with Crippen LogP contribution in [0.3, 0.4) is 0 Å². The normalized spacial score (nSPS) is 20.2. The van der Waals surface area contributed by atoms with Gasteiger partial charge in [-0.1, -0.05) is 72.2 Å². The van der Waals surface area contributed by atoms with E-state index in [9.17, 15) is 4.79 Å². The number of benzene rings is 1. The van der Waals surface area contributed by atoms with Crippen molar-refractivity contribution in [1.29, 1.82) is 0 Å². The van der Waals surface area contributed by atoms with Crippen LogP contribution in [0.25, 0.3) is 0 Å². The fourth-order valence-electron chi connectivity index (χ4n) is 4.21. The molecule has 1 atom stereocenters. The Morgan fingerprint density at radius 1 is 1.11 bits per heavy atom. The molecule has 2 aliphatic rings. The molecule has 0 aromatic heterocycles. The summed E-state index contributed by atoms with van der Waals surface area (Å²) in [5.41, 5.74) is 1.34. The molecule has 1 heterocycles. The highest BCUT2D eigenvalue weighted by molar-refractivity contribution is 14.1. The summed E-state index contributed by atoms with van der Waals surface area (Å²) in [6.45, 7) is 5.71. The van der Waals surface area contributed by atoms with E-state index in [4.69, 9.17) is 4.74 Å². The molecule has 28 heavy (non-hydrogen) atoms. The van der Waals surface area contributed by atoms with Crippen LogP contribution >= 0.6 is 22.6 Å². The number of hydrogen-bond acceptors (Lipinski definition) is 4. The number of piperazine rings is 1. The third kappa shape index (κ3) is 6.97. The summed E-state index contributed by atoms with van der Waals surface area (Å²) in [5.74, 6) is 0.880. The van der Waals surface area contributed by atoms with E-state index in [2.05, 4.69) is 63.1 Å². The van der Waals surface area contributed by atoms with Gasteiger partial charge in [0.15, 0.2) is 0 Å². The number of nitrogens with zero attached hydrogens (tertiary/aromatic N) is 2. The van der Waals surface area contributed by atoms with Crippen LogP contribution in [0.1, 0.15) is 37.7 Å². The van der Waals surface area contributed by atoms with Gasteiger partial charge >= 0.3 is 0 Å². The fraction of sp³-hybridized carbons (Fsp3) is 0.682. The van der Waals surface area contributed by atoms with E-state index < -0.39 is 0 Å². The molecule has 1 aliphatic carbocycles. The van der Waals surface area contributed by atoms with Gasteiger partial charge in [0.2, 0.25) is 5.91 Å². The van der Waals surface area contributed by atoms with E-state index in [1.54, 1.807) is 0 Å². The predicted molar refractivity (Wildman–Crippen MR) is 122 cm³/mol. The van der Waals surface area contributed by atoms with Gasteiger partial charge < -0.3 is 9.64 Å². The Labute approximate surface area is 183 Å². The first-order valence-corrected chi connectivity index (χ1v) is 12.2. The summed E-state index contributed by atoms with van der Waals surface area (Å²) in [6.07, 6.45) is 6.58. The summed E-state index contributed by atoms with van der Waals surface area (Å²) in [6, 6.07) is 10.3. The second-order valence-electron chi connectivity index (χ2n) is 8.02. The minimum atomic E-state index is -0.221. The molecule has 1 amide bonds. The molecule has 0 bridgehead atoms. The van der Waals surface area contributed by atoms with Crippen LogP contribution < -0.4 is 5.32 Å². The van der Waals surface area contributed by atoms with Crippen LogP contribution in [0.15, 0.2) is 30.3 Å². The van der Waals surface area contributed by atoms with E-state index in [1.807, 2.05) is 4.90 Å². The minimum Gasteiger partial charge on any atom is -0.379 e. The number of nitrogens with one attached hydrogen (secondary N) is 1. The Balaban J connectivity index is 1.41. The van der Waals surface area contributed by atoms with Crippen LogP contribution in [0.2, 0.25) is 0 Å². The molecular formula is C22H34IN3O2. The van der Waals surface area contributed by atoms with Gasteiger partial charge in [0.25, 0.3) is 0 Å². The van der Waals surface area contributed by atoms with E-state index in [0.717, 1.165) is 43.9 Å². The van der Waals surface area contributed by atoms with Crippen molar-refractivity contribution in [2.45, 2.75) is 44.7 Å². The maximum atomic E-state index is 13.0. The molecule has 1 aliphatic heterocycles. The number of rotatable bonds is 9. The third-order valence-corrected chi connectivity index (χ3v) is 6.36. The van der Waals surface area contributed by atoms with Crippen molar-refractivity contribution in [1.82, 2.24) is 15.1 Å². The van der Waals surface area contributed by atoms with Crippen molar-refractivity contribution in [2.24, 2.45) is 5.92 Å². The standard InChI is InChI=1S/C22H34IN3O2/c23-18-24-21(17-28-16-20-9-5-2-6-10-20)22(27)26-13-11-25(12-14-26)15-19-7-3-1-4-8-19/h1,3-4,7-8,20-21,24H,2,5-6,9-18H2. The first-order chi connectivity index (χ1) is 13.8. The average Bonchev–Trinajstić information content (AvgIpc) is 2.75. The van der Waals surface area contributed by atoms with E-state index in [1.165, 1.54) is 37.7 Å². The van der Waals surface area contributed by atoms with Gasteiger partial charge in [0.05, 0.1) is 6.61 Å². The molecule has 3 rings (SSSR count). The van der Waals surface area contributed by atoms with Gasteiger partial charge in [0.1, 0.15) is 6.04 Å². The highest BCUT2D eigenvalue weighted by atomic mass is 127. The molecule has 5 nitrogen and oxygen atoms in total. The summed E-state index contributed by atoms with van der Waals surface area (Å²) in [5, 5.41) is 3.33. The Morgan fingerprint density at radius 2 is 1.82 bits per heavy atom. The number of ether oxygens (including phenoxy) is 1. The van der Waals surface area contributed by atoms with Crippen molar-refractivity contribution in [3.05, 3.63) is 35.9 Å². The van der Waals surface area contributed by atoms with Gasteiger partial charge in [-0.2, -0.15) is 0 Å². The van der Waals surface area contributed by atoms with Gasteiger partial charge in [-0.05, 0) is 24.3 Å². The van der Waals surface area contributed by atoms with E-state index in [-0.39, 0.29) is 11.9 Å².